The number of rotatable bonds is 30. The van der Waals surface area contributed by atoms with Crippen LogP contribution in [0.25, 0.3) is 0 Å². The van der Waals surface area contributed by atoms with E-state index in [9.17, 15) is 0 Å². The molecular weight excluding hydrogens is 424 g/mol. The van der Waals surface area contributed by atoms with Gasteiger partial charge in [0.25, 0.3) is 0 Å². The molecule has 0 saturated carbocycles. The molecule has 1 nitrogen and oxygen atoms in total. The normalized spacial score (nSPS) is 17.2. The maximum absolute atomic E-state index is 5.94. The van der Waals surface area contributed by atoms with Crippen molar-refractivity contribution in [3.8, 4) is 0 Å². The van der Waals surface area contributed by atoms with Crippen LogP contribution in [0.2, 0.25) is 0 Å². The molecule has 1 aliphatic heterocycles. The average Bonchev–Trinajstić information content (AvgIpc) is 3.62. The van der Waals surface area contributed by atoms with E-state index in [0.717, 1.165) is 0 Å². The Morgan fingerprint density at radius 2 is 0.714 bits per heavy atom. The van der Waals surface area contributed by atoms with Gasteiger partial charge in [0.1, 0.15) is 0 Å². The van der Waals surface area contributed by atoms with E-state index in [-0.39, 0.29) is 0 Å². The molecule has 0 aliphatic carbocycles. The van der Waals surface area contributed by atoms with Gasteiger partial charge in [0.2, 0.25) is 0 Å². The number of hydrogen-bond donors (Lipinski definition) is 0. The van der Waals surface area contributed by atoms with Gasteiger partial charge in [-0.15, -0.1) is 6.58 Å². The van der Waals surface area contributed by atoms with Gasteiger partial charge in [-0.1, -0.05) is 174 Å². The van der Waals surface area contributed by atoms with Gasteiger partial charge in [0, 0.05) is 0 Å². The van der Waals surface area contributed by atoms with E-state index in [0.29, 0.717) is 12.2 Å². The Hall–Kier alpha value is -0.300. The van der Waals surface area contributed by atoms with Crippen LogP contribution in [0, 0.1) is 0 Å². The predicted molar refractivity (Wildman–Crippen MR) is 158 cm³/mol. The van der Waals surface area contributed by atoms with Crippen LogP contribution in [-0.4, -0.2) is 12.2 Å². The topological polar surface area (TPSA) is 12.5 Å². The van der Waals surface area contributed by atoms with Crippen molar-refractivity contribution in [3.63, 3.8) is 0 Å². The average molecular weight is 491 g/mol. The molecule has 1 rings (SSSR count). The Morgan fingerprint density at radius 3 is 1.03 bits per heavy atom. The van der Waals surface area contributed by atoms with Crippen LogP contribution >= 0.6 is 0 Å². The first-order valence-electron chi connectivity index (χ1n) is 16.6. The number of unbranched alkanes of at least 4 members (excludes halogenated alkanes) is 25. The molecule has 2 atom stereocenters. The Labute approximate surface area is 222 Å². The van der Waals surface area contributed by atoms with Crippen molar-refractivity contribution < 1.29 is 4.74 Å². The molecule has 0 bridgehead atoms. The van der Waals surface area contributed by atoms with Gasteiger partial charge in [0.15, 0.2) is 0 Å². The van der Waals surface area contributed by atoms with E-state index in [1.54, 1.807) is 0 Å². The molecule has 1 heterocycles. The minimum atomic E-state index is 0.629. The lowest BCUT2D eigenvalue weighted by molar-refractivity contribution is 0.347. The van der Waals surface area contributed by atoms with Gasteiger partial charge >= 0.3 is 0 Å². The molecule has 1 heteroatoms. The molecule has 0 spiro atoms. The third-order valence-electron chi connectivity index (χ3n) is 8.18. The number of ether oxygens (including phenoxy) is 1. The minimum absolute atomic E-state index is 0.629. The van der Waals surface area contributed by atoms with Crippen molar-refractivity contribution in [3.05, 3.63) is 12.7 Å². The summed E-state index contributed by atoms with van der Waals surface area (Å²) in [4.78, 5) is 0. The molecular formula is C34H66O. The Bertz CT molecular complexity index is 417. The summed E-state index contributed by atoms with van der Waals surface area (Å²) in [7, 11) is 0. The van der Waals surface area contributed by atoms with Crippen LogP contribution in [0.1, 0.15) is 193 Å². The quantitative estimate of drug-likeness (QED) is 0.0554. The highest BCUT2D eigenvalue weighted by Gasteiger charge is 2.36. The molecule has 208 valence electrons. The number of hydrogen-bond acceptors (Lipinski definition) is 1. The zero-order valence-electron chi connectivity index (χ0n) is 24.4. The monoisotopic (exact) mass is 491 g/mol. The zero-order chi connectivity index (χ0) is 25.1. The summed E-state index contributed by atoms with van der Waals surface area (Å²) in [6, 6.07) is 0. The summed E-state index contributed by atoms with van der Waals surface area (Å²) in [5, 5.41) is 0. The third-order valence-corrected chi connectivity index (χ3v) is 8.18. The molecule has 1 fully saturated rings. The van der Waals surface area contributed by atoms with E-state index < -0.39 is 0 Å². The fraction of sp³-hybridized carbons (Fsp3) is 0.941. The van der Waals surface area contributed by atoms with Crippen molar-refractivity contribution in [1.29, 1.82) is 0 Å². The standard InChI is InChI=1S/C34H66O/c1-3-5-7-9-11-13-15-17-18-19-20-22-24-26-28-30-32-34-33(35-34)31-29-27-25-23-21-16-14-12-10-8-6-4-2/h3,33-34H,1,4-32H2,2H3. The van der Waals surface area contributed by atoms with Crippen LogP contribution in [0.5, 0.6) is 0 Å². The molecule has 0 radical (unpaired) electrons. The van der Waals surface area contributed by atoms with Crippen molar-refractivity contribution >= 4 is 0 Å². The summed E-state index contributed by atoms with van der Waals surface area (Å²) in [6.45, 7) is 6.10. The van der Waals surface area contributed by atoms with E-state index in [2.05, 4.69) is 19.6 Å². The Morgan fingerprint density at radius 1 is 0.429 bits per heavy atom. The molecule has 0 aromatic heterocycles. The lowest BCUT2D eigenvalue weighted by Gasteiger charge is -2.03. The van der Waals surface area contributed by atoms with Gasteiger partial charge in [0.05, 0.1) is 12.2 Å². The fourth-order valence-electron chi connectivity index (χ4n) is 5.63. The lowest BCUT2D eigenvalue weighted by Crippen LogP contribution is -1.95. The summed E-state index contributed by atoms with van der Waals surface area (Å²) in [5.74, 6) is 0. The molecule has 1 saturated heterocycles. The van der Waals surface area contributed by atoms with Crippen LogP contribution < -0.4 is 0 Å². The second kappa shape index (κ2) is 26.8. The second-order valence-electron chi connectivity index (χ2n) is 11.7. The van der Waals surface area contributed by atoms with Gasteiger partial charge in [-0.2, -0.15) is 0 Å². The highest BCUT2D eigenvalue weighted by molar-refractivity contribution is 4.84. The molecule has 0 N–H and O–H groups in total. The minimum Gasteiger partial charge on any atom is -0.370 e. The van der Waals surface area contributed by atoms with Crippen molar-refractivity contribution in [2.24, 2.45) is 0 Å². The molecule has 0 aromatic carbocycles. The van der Waals surface area contributed by atoms with Gasteiger partial charge in [-0.05, 0) is 25.7 Å². The molecule has 2 unspecified atom stereocenters. The predicted octanol–water partition coefficient (Wildman–Crippen LogP) is 12.3. The maximum Gasteiger partial charge on any atom is 0.0841 e. The van der Waals surface area contributed by atoms with E-state index in [1.165, 1.54) is 186 Å². The van der Waals surface area contributed by atoms with Gasteiger partial charge in [-0.25, -0.2) is 0 Å². The molecule has 35 heavy (non-hydrogen) atoms. The van der Waals surface area contributed by atoms with Crippen LogP contribution in [-0.2, 0) is 4.74 Å². The van der Waals surface area contributed by atoms with Crippen LogP contribution in [0.15, 0.2) is 12.7 Å². The van der Waals surface area contributed by atoms with E-state index in [1.807, 2.05) is 0 Å². The summed E-state index contributed by atoms with van der Waals surface area (Å²) >= 11 is 0. The first-order chi connectivity index (χ1) is 17.4. The van der Waals surface area contributed by atoms with E-state index in [4.69, 9.17) is 4.74 Å². The molecule has 0 amide bonds. The van der Waals surface area contributed by atoms with Crippen molar-refractivity contribution in [2.45, 2.75) is 205 Å². The van der Waals surface area contributed by atoms with Crippen LogP contribution in [0.3, 0.4) is 0 Å². The fourth-order valence-corrected chi connectivity index (χ4v) is 5.63. The lowest BCUT2D eigenvalue weighted by atomic mass is 10.0. The van der Waals surface area contributed by atoms with Crippen molar-refractivity contribution in [1.82, 2.24) is 0 Å². The zero-order valence-corrected chi connectivity index (χ0v) is 24.4. The summed E-state index contributed by atoms with van der Waals surface area (Å²) < 4.78 is 5.94. The molecule has 0 aromatic rings. The smallest absolute Gasteiger partial charge is 0.0841 e. The maximum atomic E-state index is 5.94. The Balaban J connectivity index is 1.67. The van der Waals surface area contributed by atoms with Gasteiger partial charge in [-0.3, -0.25) is 0 Å². The second-order valence-corrected chi connectivity index (χ2v) is 11.7. The highest BCUT2D eigenvalue weighted by Crippen LogP contribution is 2.32. The Kier molecular flexibility index (Phi) is 25.0. The van der Waals surface area contributed by atoms with Gasteiger partial charge < -0.3 is 4.74 Å². The number of allylic oxidation sites excluding steroid dienone is 1. The summed E-state index contributed by atoms with van der Waals surface area (Å²) in [6.07, 6.45) is 44.6. The third kappa shape index (κ3) is 23.8. The first-order valence-corrected chi connectivity index (χ1v) is 16.6. The van der Waals surface area contributed by atoms with Crippen LogP contribution in [0.4, 0.5) is 0 Å². The largest absolute Gasteiger partial charge is 0.370 e. The highest BCUT2D eigenvalue weighted by atomic mass is 16.6. The van der Waals surface area contributed by atoms with E-state index >= 15 is 0 Å². The summed E-state index contributed by atoms with van der Waals surface area (Å²) in [5.41, 5.74) is 0. The number of epoxide rings is 1. The first kappa shape index (κ1) is 32.7. The molecule has 1 aliphatic rings. The SMILES string of the molecule is C=CCCCCCCCCCCCCCCCCC1OC1CCCCCCCCCCCCCC. The van der Waals surface area contributed by atoms with Crippen molar-refractivity contribution in [2.75, 3.05) is 0 Å².